The van der Waals surface area contributed by atoms with Crippen LogP contribution in [0.15, 0.2) is 18.2 Å². The topological polar surface area (TPSA) is 91.7 Å². The van der Waals surface area contributed by atoms with E-state index in [0.29, 0.717) is 0 Å². The van der Waals surface area contributed by atoms with Gasteiger partial charge in [-0.1, -0.05) is 11.6 Å². The van der Waals surface area contributed by atoms with Crippen molar-refractivity contribution in [2.45, 2.75) is 6.42 Å². The van der Waals surface area contributed by atoms with Gasteiger partial charge in [0, 0.05) is 5.56 Å². The van der Waals surface area contributed by atoms with Gasteiger partial charge in [0.15, 0.2) is 5.78 Å². The molecule has 0 atom stereocenters. The fourth-order valence-electron chi connectivity index (χ4n) is 1.05. The highest BCUT2D eigenvalue weighted by Gasteiger charge is 2.19. The number of aliphatic carboxylic acids is 1. The van der Waals surface area contributed by atoms with E-state index in [1.54, 1.807) is 0 Å². The van der Waals surface area contributed by atoms with Gasteiger partial charge in [0.05, 0.1) is 11.4 Å². The number of carbonyl (C=O) groups excluding carboxylic acids is 2. The first-order valence-electron chi connectivity index (χ1n) is 4.19. The Bertz CT molecular complexity index is 466. The summed E-state index contributed by atoms with van der Waals surface area (Å²) in [5.41, 5.74) is 0.00840. The maximum atomic E-state index is 11.4. The van der Waals surface area contributed by atoms with Crippen LogP contribution in [-0.2, 0) is 9.59 Å². The summed E-state index contributed by atoms with van der Waals surface area (Å²) in [5.74, 6) is -3.68. The van der Waals surface area contributed by atoms with Crippen LogP contribution >= 0.6 is 11.6 Å². The lowest BCUT2D eigenvalue weighted by atomic mass is 10.1. The molecular formula is C10H7ClO5. The highest BCUT2D eigenvalue weighted by atomic mass is 35.5. The van der Waals surface area contributed by atoms with E-state index >= 15 is 0 Å². The second-order valence-electron chi connectivity index (χ2n) is 2.99. The molecule has 16 heavy (non-hydrogen) atoms. The van der Waals surface area contributed by atoms with Crippen molar-refractivity contribution in [1.29, 1.82) is 0 Å². The SMILES string of the molecule is O=C(O)C(=O)CC(=O)c1ccc(O)cc1Cl. The predicted octanol–water partition coefficient (Wildman–Crippen LogP) is 1.27. The van der Waals surface area contributed by atoms with Gasteiger partial charge >= 0.3 is 5.97 Å². The highest BCUT2D eigenvalue weighted by Crippen LogP contribution is 2.22. The summed E-state index contributed by atoms with van der Waals surface area (Å²) < 4.78 is 0. The zero-order valence-electron chi connectivity index (χ0n) is 7.94. The van der Waals surface area contributed by atoms with Gasteiger partial charge in [-0.05, 0) is 18.2 Å². The smallest absolute Gasteiger partial charge is 0.372 e. The van der Waals surface area contributed by atoms with Gasteiger partial charge in [0.1, 0.15) is 5.75 Å². The molecular weight excluding hydrogens is 236 g/mol. The lowest BCUT2D eigenvalue weighted by molar-refractivity contribution is -0.148. The molecule has 1 aromatic rings. The van der Waals surface area contributed by atoms with Crippen molar-refractivity contribution in [1.82, 2.24) is 0 Å². The number of phenolic OH excluding ortho intramolecular Hbond substituents is 1. The molecule has 0 radical (unpaired) electrons. The normalized spacial score (nSPS) is 9.81. The van der Waals surface area contributed by atoms with Gasteiger partial charge in [-0.2, -0.15) is 0 Å². The molecule has 0 aliphatic rings. The third-order valence-corrected chi connectivity index (χ3v) is 2.13. The fraction of sp³-hybridized carbons (Fsp3) is 0.100. The molecule has 0 bridgehead atoms. The molecule has 0 amide bonds. The first kappa shape index (κ1) is 12.2. The maximum Gasteiger partial charge on any atom is 0.372 e. The summed E-state index contributed by atoms with van der Waals surface area (Å²) in [6.07, 6.45) is -0.750. The standard InChI is InChI=1S/C10H7ClO5/c11-7-3-5(12)1-2-6(7)8(13)4-9(14)10(15)16/h1-3,12H,4H2,(H,15,16). The molecule has 0 spiro atoms. The zero-order chi connectivity index (χ0) is 12.3. The lowest BCUT2D eigenvalue weighted by Crippen LogP contribution is -2.17. The van der Waals surface area contributed by atoms with E-state index in [4.69, 9.17) is 21.8 Å². The Labute approximate surface area is 95.3 Å². The predicted molar refractivity (Wildman–Crippen MR) is 54.7 cm³/mol. The van der Waals surface area contributed by atoms with Crippen molar-refractivity contribution in [3.05, 3.63) is 28.8 Å². The number of aromatic hydroxyl groups is 1. The molecule has 2 N–H and O–H groups in total. The summed E-state index contributed by atoms with van der Waals surface area (Å²) in [6, 6.07) is 3.60. The first-order valence-corrected chi connectivity index (χ1v) is 4.57. The summed E-state index contributed by atoms with van der Waals surface area (Å²) in [6.45, 7) is 0. The van der Waals surface area contributed by atoms with Crippen LogP contribution in [-0.4, -0.2) is 27.7 Å². The molecule has 0 heterocycles. The number of carboxylic acids is 1. The minimum atomic E-state index is -1.66. The number of Topliss-reactive ketones (excluding diaryl/α,β-unsaturated/α-hetero) is 2. The van der Waals surface area contributed by atoms with Crippen molar-refractivity contribution in [3.8, 4) is 5.75 Å². The quantitative estimate of drug-likeness (QED) is 0.471. The Morgan fingerprint density at radius 1 is 1.25 bits per heavy atom. The van der Waals surface area contributed by atoms with E-state index in [0.717, 1.165) is 6.07 Å². The number of halogens is 1. The summed E-state index contributed by atoms with van der Waals surface area (Å²) in [4.78, 5) is 32.5. The van der Waals surface area contributed by atoms with E-state index in [9.17, 15) is 14.4 Å². The third-order valence-electron chi connectivity index (χ3n) is 1.81. The van der Waals surface area contributed by atoms with Crippen molar-refractivity contribution in [2.24, 2.45) is 0 Å². The van der Waals surface area contributed by atoms with Crippen LogP contribution in [0.5, 0.6) is 5.75 Å². The Balaban J connectivity index is 2.89. The molecule has 1 rings (SSSR count). The summed E-state index contributed by atoms with van der Waals surface area (Å²) in [7, 11) is 0. The number of rotatable bonds is 4. The van der Waals surface area contributed by atoms with Gasteiger partial charge < -0.3 is 10.2 Å². The number of carboxylic acid groups (broad SMARTS) is 1. The monoisotopic (exact) mass is 242 g/mol. The van der Waals surface area contributed by atoms with Crippen molar-refractivity contribution >= 4 is 29.1 Å². The highest BCUT2D eigenvalue weighted by molar-refractivity contribution is 6.39. The largest absolute Gasteiger partial charge is 0.508 e. The minimum Gasteiger partial charge on any atom is -0.508 e. The molecule has 0 fully saturated rings. The van der Waals surface area contributed by atoms with Crippen LogP contribution in [0.2, 0.25) is 5.02 Å². The first-order chi connectivity index (χ1) is 7.41. The van der Waals surface area contributed by atoms with Crippen LogP contribution in [0.25, 0.3) is 0 Å². The van der Waals surface area contributed by atoms with E-state index in [1.165, 1.54) is 12.1 Å². The number of phenols is 1. The van der Waals surface area contributed by atoms with Gasteiger partial charge in [-0.3, -0.25) is 9.59 Å². The van der Waals surface area contributed by atoms with Gasteiger partial charge in [-0.25, -0.2) is 4.79 Å². The number of carbonyl (C=O) groups is 3. The van der Waals surface area contributed by atoms with Crippen LogP contribution < -0.4 is 0 Å². The van der Waals surface area contributed by atoms with Crippen LogP contribution in [0.1, 0.15) is 16.8 Å². The molecule has 5 nitrogen and oxygen atoms in total. The van der Waals surface area contributed by atoms with E-state index in [-0.39, 0.29) is 16.3 Å². The molecule has 0 saturated carbocycles. The van der Waals surface area contributed by atoms with E-state index in [2.05, 4.69) is 0 Å². The number of ketones is 2. The molecule has 1 aromatic carbocycles. The van der Waals surface area contributed by atoms with Crippen molar-refractivity contribution in [3.63, 3.8) is 0 Å². The Kier molecular flexibility index (Phi) is 3.63. The fourth-order valence-corrected chi connectivity index (χ4v) is 1.33. The molecule has 0 aliphatic carbocycles. The van der Waals surface area contributed by atoms with Crippen molar-refractivity contribution < 1.29 is 24.6 Å². The molecule has 0 aromatic heterocycles. The van der Waals surface area contributed by atoms with Crippen LogP contribution in [0.3, 0.4) is 0 Å². The zero-order valence-corrected chi connectivity index (χ0v) is 8.69. The summed E-state index contributed by atoms with van der Waals surface area (Å²) in [5, 5.41) is 17.3. The second kappa shape index (κ2) is 4.76. The molecule has 0 unspecified atom stereocenters. The molecule has 84 valence electrons. The maximum absolute atomic E-state index is 11.4. The Hall–Kier alpha value is -1.88. The number of hydrogen-bond acceptors (Lipinski definition) is 4. The van der Waals surface area contributed by atoms with Gasteiger partial charge in [-0.15, -0.1) is 0 Å². The lowest BCUT2D eigenvalue weighted by Gasteiger charge is -2.02. The average Bonchev–Trinajstić information content (AvgIpc) is 2.16. The number of benzene rings is 1. The van der Waals surface area contributed by atoms with E-state index < -0.39 is 24.0 Å². The molecule has 0 aliphatic heterocycles. The minimum absolute atomic E-state index is 0.00840. The second-order valence-corrected chi connectivity index (χ2v) is 3.40. The number of hydrogen-bond donors (Lipinski definition) is 2. The molecule has 0 saturated heterocycles. The Morgan fingerprint density at radius 2 is 1.88 bits per heavy atom. The Morgan fingerprint density at radius 3 is 2.38 bits per heavy atom. The molecule has 6 heteroatoms. The van der Waals surface area contributed by atoms with Crippen LogP contribution in [0, 0.1) is 0 Å². The van der Waals surface area contributed by atoms with Crippen molar-refractivity contribution in [2.75, 3.05) is 0 Å². The van der Waals surface area contributed by atoms with Gasteiger partial charge in [0.2, 0.25) is 5.78 Å². The summed E-state index contributed by atoms with van der Waals surface area (Å²) >= 11 is 5.65. The third kappa shape index (κ3) is 2.80. The average molecular weight is 243 g/mol. The van der Waals surface area contributed by atoms with E-state index in [1.807, 2.05) is 0 Å². The van der Waals surface area contributed by atoms with Gasteiger partial charge in [0.25, 0.3) is 0 Å². The van der Waals surface area contributed by atoms with Crippen LogP contribution in [0.4, 0.5) is 0 Å².